The Hall–Kier alpha value is 2.15. The molecule has 0 saturated carbocycles. The van der Waals surface area contributed by atoms with E-state index in [4.69, 9.17) is 0 Å². The Kier molecular flexibility index (Phi) is 33.5. The fourth-order valence-electron chi connectivity index (χ4n) is 0. The van der Waals surface area contributed by atoms with Crippen molar-refractivity contribution in [3.8, 4) is 0 Å². The van der Waals surface area contributed by atoms with Crippen molar-refractivity contribution in [2.24, 2.45) is 0 Å². The number of rotatable bonds is 0. The molecule has 0 radical (unpaired) electrons. The van der Waals surface area contributed by atoms with Crippen LogP contribution >= 0.6 is 37.2 Å². The molecule has 0 aromatic heterocycles. The van der Waals surface area contributed by atoms with E-state index in [-0.39, 0.29) is 0 Å². The molecule has 5 heavy (non-hydrogen) atoms. The summed E-state index contributed by atoms with van der Waals surface area (Å²) < 4.78 is 0. The fraction of sp³-hybridized carbons (Fsp3) is 1.00. The van der Waals surface area contributed by atoms with Crippen LogP contribution in [-0.2, 0) is 0 Å². The molecule has 4 heteroatoms. The zero-order valence-electron chi connectivity index (χ0n) is 2.84. The SMILES string of the molecule is C[NH3+].I[I-]I. The van der Waals surface area contributed by atoms with E-state index in [1.165, 1.54) is 0 Å². The Morgan fingerprint density at radius 3 is 1.40 bits per heavy atom. The molecule has 0 unspecified atom stereocenters. The van der Waals surface area contributed by atoms with Crippen molar-refractivity contribution in [1.29, 1.82) is 0 Å². The van der Waals surface area contributed by atoms with E-state index in [2.05, 4.69) is 43.0 Å². The molecule has 36 valence electrons. The van der Waals surface area contributed by atoms with Gasteiger partial charge in [-0.2, -0.15) is 0 Å². The molecule has 0 aliphatic carbocycles. The van der Waals surface area contributed by atoms with E-state index in [0.717, 1.165) is 0 Å². The molecular weight excluding hydrogens is 407 g/mol. The van der Waals surface area contributed by atoms with Crippen LogP contribution in [0.4, 0.5) is 0 Å². The Bertz CT molecular complexity index is 6.85. The van der Waals surface area contributed by atoms with Gasteiger partial charge in [-0.15, -0.1) is 0 Å². The second-order valence-corrected chi connectivity index (χ2v) is 16.3. The first kappa shape index (κ1) is 10.2. The van der Waals surface area contributed by atoms with E-state index in [1.54, 1.807) is 7.05 Å². The van der Waals surface area contributed by atoms with Gasteiger partial charge in [0.05, 0.1) is 7.05 Å². The van der Waals surface area contributed by atoms with Gasteiger partial charge in [0, 0.05) is 0 Å². The van der Waals surface area contributed by atoms with E-state index in [0.29, 0.717) is 13.3 Å². The maximum atomic E-state index is 3.25. The molecular formula is CH6I3N. The van der Waals surface area contributed by atoms with Gasteiger partial charge < -0.3 is 5.73 Å². The van der Waals surface area contributed by atoms with E-state index in [9.17, 15) is 0 Å². The molecule has 0 aliphatic rings. The maximum absolute atomic E-state index is 3.25. The Morgan fingerprint density at radius 2 is 1.40 bits per heavy atom. The van der Waals surface area contributed by atoms with Gasteiger partial charge in [0.2, 0.25) is 0 Å². The van der Waals surface area contributed by atoms with Gasteiger partial charge >= 0.3 is 50.5 Å². The van der Waals surface area contributed by atoms with Crippen LogP contribution in [-0.4, -0.2) is 7.05 Å². The van der Waals surface area contributed by atoms with Gasteiger partial charge in [-0.05, 0) is 0 Å². The van der Waals surface area contributed by atoms with Crippen molar-refractivity contribution < 1.29 is 19.0 Å². The van der Waals surface area contributed by atoms with Gasteiger partial charge in [-0.1, -0.05) is 0 Å². The van der Waals surface area contributed by atoms with Crippen molar-refractivity contribution in [2.45, 2.75) is 0 Å². The summed E-state index contributed by atoms with van der Waals surface area (Å²) >= 11 is 5.30. The third-order valence-electron chi connectivity index (χ3n) is 0. The summed E-state index contributed by atoms with van der Waals surface area (Å²) in [7, 11) is 1.75. The number of halogens is 3. The first-order chi connectivity index (χ1) is 2.41. The summed E-state index contributed by atoms with van der Waals surface area (Å²) in [6.45, 7) is 0. The molecule has 0 bridgehead atoms. The predicted molar refractivity (Wildman–Crippen MR) is 36.9 cm³/mol. The quantitative estimate of drug-likeness (QED) is 0.431. The summed E-state index contributed by atoms with van der Waals surface area (Å²) in [5.74, 6) is 0. The molecule has 0 spiro atoms. The molecule has 0 atom stereocenters. The average Bonchev–Trinajstić information content (AvgIpc) is 1.46. The van der Waals surface area contributed by atoms with Crippen LogP contribution < -0.4 is 19.0 Å². The minimum absolute atomic E-state index is 0.530. The van der Waals surface area contributed by atoms with Crippen LogP contribution in [0.25, 0.3) is 0 Å². The molecule has 0 saturated heterocycles. The molecule has 0 aromatic rings. The molecule has 0 heterocycles. The monoisotopic (exact) mass is 413 g/mol. The second-order valence-electron chi connectivity index (χ2n) is 0.0540. The van der Waals surface area contributed by atoms with Crippen LogP contribution in [0.3, 0.4) is 0 Å². The molecule has 0 fully saturated rings. The summed E-state index contributed by atoms with van der Waals surface area (Å²) in [6, 6.07) is 0. The van der Waals surface area contributed by atoms with Crippen molar-refractivity contribution in [2.75, 3.05) is 7.05 Å². The van der Waals surface area contributed by atoms with Gasteiger partial charge in [-0.25, -0.2) is 0 Å². The molecule has 3 N–H and O–H groups in total. The van der Waals surface area contributed by atoms with Gasteiger partial charge in [0.1, 0.15) is 0 Å². The molecule has 1 nitrogen and oxygen atoms in total. The van der Waals surface area contributed by atoms with Gasteiger partial charge in [-0.3, -0.25) is 0 Å². The standard InChI is InChI=1S/CH5N.I3/c1-2;1-3-2/h2H2,1H3;/q;-1/p+1. The number of hydrogen-bond acceptors (Lipinski definition) is 0. The first-order valence-electron chi connectivity index (χ1n) is 0.993. The zero-order chi connectivity index (χ0) is 4.71. The summed E-state index contributed by atoms with van der Waals surface area (Å²) in [5, 5.41) is 0. The predicted octanol–water partition coefficient (Wildman–Crippen LogP) is -2.37. The van der Waals surface area contributed by atoms with Crippen LogP contribution in [0.15, 0.2) is 0 Å². The van der Waals surface area contributed by atoms with Gasteiger partial charge in [0.25, 0.3) is 0 Å². The van der Waals surface area contributed by atoms with Crippen molar-refractivity contribution in [3.63, 3.8) is 0 Å². The van der Waals surface area contributed by atoms with Crippen LogP contribution in [0, 0.1) is 0 Å². The summed E-state index contributed by atoms with van der Waals surface area (Å²) in [4.78, 5) is 0. The molecule has 0 amide bonds. The zero-order valence-corrected chi connectivity index (χ0v) is 9.31. The fourth-order valence-corrected chi connectivity index (χ4v) is 0. The third-order valence-corrected chi connectivity index (χ3v) is 0. The second kappa shape index (κ2) is 16.4. The van der Waals surface area contributed by atoms with E-state index in [1.807, 2.05) is 0 Å². The number of quaternary nitrogens is 1. The van der Waals surface area contributed by atoms with Gasteiger partial charge in [0.15, 0.2) is 0 Å². The van der Waals surface area contributed by atoms with E-state index >= 15 is 0 Å². The van der Waals surface area contributed by atoms with Crippen LogP contribution in [0.5, 0.6) is 0 Å². The molecule has 0 aliphatic heterocycles. The summed E-state index contributed by atoms with van der Waals surface area (Å²) in [6.07, 6.45) is 0. The Labute approximate surface area is 62.1 Å². The number of hydrogen-bond donors (Lipinski definition) is 1. The van der Waals surface area contributed by atoms with Crippen molar-refractivity contribution >= 4 is 37.2 Å². The van der Waals surface area contributed by atoms with Crippen LogP contribution in [0.2, 0.25) is 0 Å². The van der Waals surface area contributed by atoms with Crippen molar-refractivity contribution in [3.05, 3.63) is 0 Å². The Balaban J connectivity index is 0. The summed E-state index contributed by atoms with van der Waals surface area (Å²) in [5.41, 5.74) is 3.25. The minimum atomic E-state index is 0.530. The topological polar surface area (TPSA) is 27.6 Å². The average molecular weight is 413 g/mol. The molecule has 0 aromatic carbocycles. The first-order valence-corrected chi connectivity index (χ1v) is 13.6. The molecule has 0 rings (SSSR count). The van der Waals surface area contributed by atoms with E-state index < -0.39 is 0 Å². The Morgan fingerprint density at radius 1 is 1.40 bits per heavy atom. The van der Waals surface area contributed by atoms with Crippen molar-refractivity contribution in [1.82, 2.24) is 0 Å². The normalized spacial score (nSPS) is 5.60. The van der Waals surface area contributed by atoms with Crippen LogP contribution in [0.1, 0.15) is 0 Å². The third kappa shape index (κ3) is 22.9.